The van der Waals surface area contributed by atoms with Crippen molar-refractivity contribution in [2.45, 2.75) is 33.6 Å². The van der Waals surface area contributed by atoms with E-state index in [1.807, 2.05) is 13.0 Å². The van der Waals surface area contributed by atoms with E-state index >= 15 is 0 Å². The molecular formula is C13H17BrN2OS. The SMILES string of the molecule is Cc1nc(OCCCC(C)C)c(Br)cc1N=C=S. The van der Waals surface area contributed by atoms with Crippen LogP contribution < -0.4 is 4.74 Å². The maximum atomic E-state index is 5.66. The summed E-state index contributed by atoms with van der Waals surface area (Å²) in [5.74, 6) is 1.31. The van der Waals surface area contributed by atoms with Crippen LogP contribution in [0.15, 0.2) is 15.5 Å². The molecule has 98 valence electrons. The fraction of sp³-hybridized carbons (Fsp3) is 0.538. The van der Waals surface area contributed by atoms with Crippen molar-refractivity contribution in [2.24, 2.45) is 10.9 Å². The average Bonchev–Trinajstić information content (AvgIpc) is 2.30. The Hall–Kier alpha value is -0.770. The Morgan fingerprint density at radius 1 is 1.56 bits per heavy atom. The predicted molar refractivity (Wildman–Crippen MR) is 80.9 cm³/mol. The van der Waals surface area contributed by atoms with Crippen molar-refractivity contribution in [1.82, 2.24) is 4.98 Å². The molecule has 0 spiro atoms. The molecule has 0 aliphatic carbocycles. The first-order valence-electron chi connectivity index (χ1n) is 5.92. The second-order valence-electron chi connectivity index (χ2n) is 4.47. The van der Waals surface area contributed by atoms with E-state index in [4.69, 9.17) is 4.74 Å². The third kappa shape index (κ3) is 4.84. The Labute approximate surface area is 122 Å². The molecule has 0 radical (unpaired) electrons. The van der Waals surface area contributed by atoms with E-state index in [0.29, 0.717) is 24.1 Å². The highest BCUT2D eigenvalue weighted by molar-refractivity contribution is 9.10. The highest BCUT2D eigenvalue weighted by Gasteiger charge is 2.08. The number of thiocarbonyl (C=S) groups is 1. The van der Waals surface area contributed by atoms with Gasteiger partial charge in [-0.3, -0.25) is 0 Å². The quantitative estimate of drug-likeness (QED) is 0.431. The third-order valence-electron chi connectivity index (χ3n) is 2.44. The summed E-state index contributed by atoms with van der Waals surface area (Å²) in [5.41, 5.74) is 1.50. The van der Waals surface area contributed by atoms with E-state index in [1.165, 1.54) is 0 Å². The van der Waals surface area contributed by atoms with Gasteiger partial charge in [-0.2, -0.15) is 4.99 Å². The minimum absolute atomic E-state index is 0.611. The van der Waals surface area contributed by atoms with Crippen LogP contribution in [0.25, 0.3) is 0 Å². The number of aromatic nitrogens is 1. The Bertz CT molecular complexity index is 457. The molecule has 1 heterocycles. The van der Waals surface area contributed by atoms with Gasteiger partial charge in [-0.15, -0.1) is 0 Å². The Kier molecular flexibility index (Phi) is 6.47. The van der Waals surface area contributed by atoms with Crippen molar-refractivity contribution in [2.75, 3.05) is 6.61 Å². The molecule has 0 N–H and O–H groups in total. The molecule has 0 aliphatic heterocycles. The van der Waals surface area contributed by atoms with E-state index < -0.39 is 0 Å². The monoisotopic (exact) mass is 328 g/mol. The lowest BCUT2D eigenvalue weighted by atomic mass is 10.1. The van der Waals surface area contributed by atoms with E-state index in [2.05, 4.69) is 57.1 Å². The molecular weight excluding hydrogens is 312 g/mol. The van der Waals surface area contributed by atoms with Gasteiger partial charge >= 0.3 is 0 Å². The number of halogens is 1. The molecule has 0 fully saturated rings. The second-order valence-corrected chi connectivity index (χ2v) is 5.50. The number of aliphatic imine (C=N–C) groups is 1. The van der Waals surface area contributed by atoms with Crippen LogP contribution in [0.4, 0.5) is 5.69 Å². The molecule has 0 aliphatic rings. The van der Waals surface area contributed by atoms with Gasteiger partial charge in [0.25, 0.3) is 0 Å². The Morgan fingerprint density at radius 3 is 2.89 bits per heavy atom. The Morgan fingerprint density at radius 2 is 2.28 bits per heavy atom. The van der Waals surface area contributed by atoms with Gasteiger partial charge in [-0.05, 0) is 59.9 Å². The average molecular weight is 329 g/mol. The van der Waals surface area contributed by atoms with Gasteiger partial charge in [0.15, 0.2) is 0 Å². The number of rotatable bonds is 6. The zero-order valence-corrected chi connectivity index (χ0v) is 13.3. The lowest BCUT2D eigenvalue weighted by Gasteiger charge is -2.10. The van der Waals surface area contributed by atoms with Crippen molar-refractivity contribution in [3.05, 3.63) is 16.2 Å². The molecule has 0 saturated heterocycles. The largest absolute Gasteiger partial charge is 0.477 e. The third-order valence-corrected chi connectivity index (χ3v) is 3.10. The first kappa shape index (κ1) is 15.3. The molecule has 3 nitrogen and oxygen atoms in total. The number of hydrogen-bond donors (Lipinski definition) is 0. The number of pyridine rings is 1. The maximum absolute atomic E-state index is 5.66. The minimum Gasteiger partial charge on any atom is -0.477 e. The van der Waals surface area contributed by atoms with Crippen molar-refractivity contribution in [1.29, 1.82) is 0 Å². The van der Waals surface area contributed by atoms with Crippen molar-refractivity contribution < 1.29 is 4.74 Å². The normalized spacial score (nSPS) is 10.3. The summed E-state index contributed by atoms with van der Waals surface area (Å²) in [4.78, 5) is 8.30. The topological polar surface area (TPSA) is 34.5 Å². The van der Waals surface area contributed by atoms with Gasteiger partial charge in [0.1, 0.15) is 0 Å². The highest BCUT2D eigenvalue weighted by atomic mass is 79.9. The van der Waals surface area contributed by atoms with Crippen LogP contribution in [0.2, 0.25) is 0 Å². The summed E-state index contributed by atoms with van der Waals surface area (Å²) in [6.45, 7) is 6.96. The highest BCUT2D eigenvalue weighted by Crippen LogP contribution is 2.29. The summed E-state index contributed by atoms with van der Waals surface area (Å²) < 4.78 is 6.45. The molecule has 0 unspecified atom stereocenters. The summed E-state index contributed by atoms with van der Waals surface area (Å²) >= 11 is 8.01. The van der Waals surface area contributed by atoms with Crippen molar-refractivity contribution in [3.63, 3.8) is 0 Å². The number of hydrogen-bond acceptors (Lipinski definition) is 4. The van der Waals surface area contributed by atoms with E-state index in [-0.39, 0.29) is 0 Å². The number of nitrogens with zero attached hydrogens (tertiary/aromatic N) is 2. The summed E-state index contributed by atoms with van der Waals surface area (Å²) in [6.07, 6.45) is 2.19. The molecule has 0 bridgehead atoms. The summed E-state index contributed by atoms with van der Waals surface area (Å²) in [5, 5.41) is 2.34. The zero-order chi connectivity index (χ0) is 13.5. The smallest absolute Gasteiger partial charge is 0.228 e. The summed E-state index contributed by atoms with van der Waals surface area (Å²) in [6, 6.07) is 1.85. The van der Waals surface area contributed by atoms with Crippen LogP contribution in [-0.2, 0) is 0 Å². The molecule has 18 heavy (non-hydrogen) atoms. The number of isothiocyanates is 1. The molecule has 1 rings (SSSR count). The van der Waals surface area contributed by atoms with E-state index in [9.17, 15) is 0 Å². The van der Waals surface area contributed by atoms with Crippen molar-refractivity contribution >= 4 is 39.0 Å². The van der Waals surface area contributed by atoms with Crippen LogP contribution in [0, 0.1) is 12.8 Å². The fourth-order valence-electron chi connectivity index (χ4n) is 1.47. The number of ether oxygens (including phenoxy) is 1. The van der Waals surface area contributed by atoms with E-state index in [0.717, 1.165) is 23.0 Å². The fourth-order valence-corrected chi connectivity index (χ4v) is 1.99. The lowest BCUT2D eigenvalue weighted by Crippen LogP contribution is -2.02. The molecule has 1 aromatic heterocycles. The Balaban J connectivity index is 2.67. The first-order valence-corrected chi connectivity index (χ1v) is 7.12. The standard InChI is InChI=1S/C13H17BrN2OS/c1-9(2)5-4-6-17-13-11(14)7-12(15-8-18)10(3)16-13/h7,9H,4-6H2,1-3H3. The van der Waals surface area contributed by atoms with Crippen LogP contribution in [-0.4, -0.2) is 16.8 Å². The molecule has 0 amide bonds. The second kappa shape index (κ2) is 7.62. The van der Waals surface area contributed by atoms with Crippen molar-refractivity contribution in [3.8, 4) is 5.88 Å². The molecule has 0 atom stereocenters. The molecule has 5 heteroatoms. The van der Waals surface area contributed by atoms with Gasteiger partial charge < -0.3 is 4.74 Å². The van der Waals surface area contributed by atoms with Gasteiger partial charge in [0.2, 0.25) is 5.88 Å². The zero-order valence-electron chi connectivity index (χ0n) is 10.9. The lowest BCUT2D eigenvalue weighted by molar-refractivity contribution is 0.285. The van der Waals surface area contributed by atoms with Gasteiger partial charge in [-0.25, -0.2) is 4.98 Å². The maximum Gasteiger partial charge on any atom is 0.228 e. The summed E-state index contributed by atoms with van der Waals surface area (Å²) in [7, 11) is 0. The number of aryl methyl sites for hydroxylation is 1. The van der Waals surface area contributed by atoms with Crippen LogP contribution >= 0.6 is 28.1 Å². The molecule has 0 aromatic carbocycles. The predicted octanol–water partition coefficient (Wildman–Crippen LogP) is 4.70. The van der Waals surface area contributed by atoms with Gasteiger partial charge in [0, 0.05) is 0 Å². The van der Waals surface area contributed by atoms with Crippen LogP contribution in [0.3, 0.4) is 0 Å². The van der Waals surface area contributed by atoms with Gasteiger partial charge in [-0.1, -0.05) is 13.8 Å². The van der Waals surface area contributed by atoms with E-state index in [1.54, 1.807) is 0 Å². The molecule has 1 aromatic rings. The first-order chi connectivity index (χ1) is 8.54. The minimum atomic E-state index is 0.611. The van der Waals surface area contributed by atoms with Crippen LogP contribution in [0.5, 0.6) is 5.88 Å². The van der Waals surface area contributed by atoms with Crippen LogP contribution in [0.1, 0.15) is 32.4 Å². The molecule has 0 saturated carbocycles. The van der Waals surface area contributed by atoms with Gasteiger partial charge in [0.05, 0.1) is 27.6 Å².